The summed E-state index contributed by atoms with van der Waals surface area (Å²) in [6, 6.07) is 9.84. The molecular formula is C25H33BrN2O4S. The minimum atomic E-state index is -1.47. The lowest BCUT2D eigenvalue weighted by Crippen LogP contribution is -2.54. The van der Waals surface area contributed by atoms with Gasteiger partial charge in [-0.15, -0.1) is 11.3 Å². The number of benzene rings is 1. The van der Waals surface area contributed by atoms with Crippen molar-refractivity contribution in [1.29, 1.82) is 0 Å². The Hall–Kier alpha value is -2.19. The van der Waals surface area contributed by atoms with Gasteiger partial charge in [-0.1, -0.05) is 44.2 Å². The Morgan fingerprint density at radius 2 is 1.64 bits per heavy atom. The highest BCUT2D eigenvalue weighted by Crippen LogP contribution is 2.33. The first-order valence-electron chi connectivity index (χ1n) is 11.1. The van der Waals surface area contributed by atoms with E-state index in [2.05, 4.69) is 15.9 Å². The number of carbonyl (C=O) groups excluding carboxylic acids is 1. The number of nitrogens with zero attached hydrogens (tertiary/aromatic N) is 2. The summed E-state index contributed by atoms with van der Waals surface area (Å²) in [7, 11) is 0. The number of aryl methyl sites for hydroxylation is 3. The summed E-state index contributed by atoms with van der Waals surface area (Å²) in [5, 5.41) is 0.446. The fraction of sp³-hybridized carbons (Fsp3) is 0.480. The predicted molar refractivity (Wildman–Crippen MR) is 139 cm³/mol. The third-order valence-electron chi connectivity index (χ3n) is 5.08. The third kappa shape index (κ3) is 5.66. The van der Waals surface area contributed by atoms with Gasteiger partial charge in [0.25, 0.3) is 5.56 Å². The van der Waals surface area contributed by atoms with Gasteiger partial charge in [-0.25, -0.2) is 14.2 Å². The van der Waals surface area contributed by atoms with Crippen LogP contribution in [0.25, 0.3) is 10.2 Å². The smallest absolute Gasteiger partial charge is 0.333 e. The standard InChI is InChI=1S/C23H27BrN2O4S.C2H6/c1-14-16-18(27)26(23(5,6)20(28)30-22(2,3)4)21(29)25(19(16)31-17(14)24)13-12-15-10-8-7-9-11-15;1-2/h7-11H,12-13H2,1-6H3;1-2H3. The van der Waals surface area contributed by atoms with E-state index in [1.54, 1.807) is 39.2 Å². The molecule has 2 aromatic heterocycles. The largest absolute Gasteiger partial charge is 0.458 e. The number of ether oxygens (including phenoxy) is 1. The third-order valence-corrected chi connectivity index (χ3v) is 7.26. The van der Waals surface area contributed by atoms with Crippen LogP contribution in [0.5, 0.6) is 0 Å². The van der Waals surface area contributed by atoms with Crippen LogP contribution in [0.15, 0.2) is 43.7 Å². The van der Waals surface area contributed by atoms with E-state index in [0.717, 1.165) is 19.5 Å². The zero-order valence-corrected chi connectivity index (χ0v) is 23.0. The number of aromatic nitrogens is 2. The zero-order chi connectivity index (χ0) is 25.1. The van der Waals surface area contributed by atoms with Crippen molar-refractivity contribution < 1.29 is 9.53 Å². The Bertz CT molecular complexity index is 1250. The molecule has 0 amide bonds. The zero-order valence-electron chi connectivity index (χ0n) is 20.6. The van der Waals surface area contributed by atoms with Gasteiger partial charge in [0.05, 0.1) is 9.17 Å². The molecule has 0 bridgehead atoms. The fourth-order valence-electron chi connectivity index (χ4n) is 3.39. The predicted octanol–water partition coefficient (Wildman–Crippen LogP) is 5.64. The number of thiophene rings is 1. The van der Waals surface area contributed by atoms with Crippen LogP contribution in [0.4, 0.5) is 0 Å². The van der Waals surface area contributed by atoms with Crippen LogP contribution in [-0.4, -0.2) is 20.7 Å². The van der Waals surface area contributed by atoms with Gasteiger partial charge < -0.3 is 4.74 Å². The normalized spacial score (nSPS) is 11.8. The Balaban J connectivity index is 0.00000187. The lowest BCUT2D eigenvalue weighted by molar-refractivity contribution is -0.164. The molecule has 0 aliphatic rings. The lowest BCUT2D eigenvalue weighted by atomic mass is 10.0. The van der Waals surface area contributed by atoms with Crippen molar-refractivity contribution in [3.63, 3.8) is 0 Å². The van der Waals surface area contributed by atoms with Crippen LogP contribution in [-0.2, 0) is 28.0 Å². The number of fused-ring (bicyclic) bond motifs is 1. The Morgan fingerprint density at radius 1 is 1.06 bits per heavy atom. The Labute approximate surface area is 207 Å². The summed E-state index contributed by atoms with van der Waals surface area (Å²) >= 11 is 4.86. The highest BCUT2D eigenvalue weighted by molar-refractivity contribution is 9.11. The summed E-state index contributed by atoms with van der Waals surface area (Å²) in [4.78, 5) is 40.6. The summed E-state index contributed by atoms with van der Waals surface area (Å²) in [6.07, 6.45) is 0.621. The van der Waals surface area contributed by atoms with Crippen molar-refractivity contribution in [2.75, 3.05) is 0 Å². The number of esters is 1. The van der Waals surface area contributed by atoms with Gasteiger partial charge in [-0.3, -0.25) is 9.36 Å². The molecule has 3 aromatic rings. The van der Waals surface area contributed by atoms with Crippen LogP contribution in [0.3, 0.4) is 0 Å². The molecule has 8 heteroatoms. The molecule has 0 aliphatic heterocycles. The second-order valence-electron chi connectivity index (χ2n) is 9.05. The lowest BCUT2D eigenvalue weighted by Gasteiger charge is -2.30. The number of halogens is 1. The van der Waals surface area contributed by atoms with Gasteiger partial charge in [0.1, 0.15) is 16.0 Å². The van der Waals surface area contributed by atoms with Gasteiger partial charge in [-0.05, 0) is 75.0 Å². The van der Waals surface area contributed by atoms with E-state index in [-0.39, 0.29) is 0 Å². The average molecular weight is 538 g/mol. The van der Waals surface area contributed by atoms with Crippen LogP contribution < -0.4 is 11.2 Å². The first kappa shape index (κ1) is 27.1. The van der Waals surface area contributed by atoms with Gasteiger partial charge in [0.15, 0.2) is 0 Å². The highest BCUT2D eigenvalue weighted by Gasteiger charge is 2.38. The van der Waals surface area contributed by atoms with Gasteiger partial charge in [0.2, 0.25) is 0 Å². The van der Waals surface area contributed by atoms with Crippen molar-refractivity contribution in [2.24, 2.45) is 0 Å². The SMILES string of the molecule is CC.Cc1c(Br)sc2c1c(=O)n(C(C)(C)C(=O)OC(C)(C)C)c(=O)n2CCc1ccccc1. The number of hydrogen-bond donors (Lipinski definition) is 0. The van der Waals surface area contributed by atoms with Crippen LogP contribution in [0, 0.1) is 6.92 Å². The quantitative estimate of drug-likeness (QED) is 0.395. The van der Waals surface area contributed by atoms with Crippen LogP contribution in [0.1, 0.15) is 59.6 Å². The first-order valence-corrected chi connectivity index (χ1v) is 12.7. The molecule has 33 heavy (non-hydrogen) atoms. The first-order chi connectivity index (χ1) is 15.3. The van der Waals surface area contributed by atoms with E-state index in [1.807, 2.05) is 51.1 Å². The molecule has 6 nitrogen and oxygen atoms in total. The number of hydrogen-bond acceptors (Lipinski definition) is 5. The van der Waals surface area contributed by atoms with Crippen molar-refractivity contribution >= 4 is 43.5 Å². The summed E-state index contributed by atoms with van der Waals surface area (Å²) in [5.41, 5.74) is -1.36. The molecule has 0 aliphatic carbocycles. The molecule has 0 atom stereocenters. The van der Waals surface area contributed by atoms with Crippen molar-refractivity contribution in [3.8, 4) is 0 Å². The second-order valence-corrected chi connectivity index (χ2v) is 11.4. The molecule has 0 spiro atoms. The minimum Gasteiger partial charge on any atom is -0.458 e. The topological polar surface area (TPSA) is 70.3 Å². The summed E-state index contributed by atoms with van der Waals surface area (Å²) in [6.45, 7) is 14.6. The molecule has 0 unspecified atom stereocenters. The maximum absolute atomic E-state index is 13.6. The van der Waals surface area contributed by atoms with Gasteiger partial charge in [0, 0.05) is 6.54 Å². The van der Waals surface area contributed by atoms with E-state index in [4.69, 9.17) is 4.74 Å². The Morgan fingerprint density at radius 3 is 2.18 bits per heavy atom. The monoisotopic (exact) mass is 536 g/mol. The van der Waals surface area contributed by atoms with Crippen LogP contribution >= 0.6 is 27.3 Å². The maximum atomic E-state index is 13.6. The maximum Gasteiger partial charge on any atom is 0.333 e. The molecule has 0 N–H and O–H groups in total. The summed E-state index contributed by atoms with van der Waals surface area (Å²) in [5.74, 6) is -0.625. The number of rotatable bonds is 5. The molecule has 180 valence electrons. The van der Waals surface area contributed by atoms with E-state index >= 15 is 0 Å². The molecule has 2 heterocycles. The molecule has 0 saturated carbocycles. The van der Waals surface area contributed by atoms with Gasteiger partial charge in [-0.2, -0.15) is 0 Å². The van der Waals surface area contributed by atoms with Crippen LogP contribution in [0.2, 0.25) is 0 Å². The molecule has 3 rings (SSSR count). The van der Waals surface area contributed by atoms with Crippen molar-refractivity contribution in [1.82, 2.24) is 9.13 Å². The van der Waals surface area contributed by atoms with E-state index in [9.17, 15) is 14.4 Å². The van der Waals surface area contributed by atoms with Crippen molar-refractivity contribution in [2.45, 2.75) is 79.5 Å². The molecule has 0 radical (unpaired) electrons. The number of carbonyl (C=O) groups is 1. The van der Waals surface area contributed by atoms with Crippen molar-refractivity contribution in [3.05, 3.63) is 66.1 Å². The van der Waals surface area contributed by atoms with Gasteiger partial charge >= 0.3 is 11.7 Å². The highest BCUT2D eigenvalue weighted by atomic mass is 79.9. The Kier molecular flexibility index (Phi) is 8.52. The fourth-order valence-corrected chi connectivity index (χ4v) is 5.09. The second kappa shape index (κ2) is 10.4. The van der Waals surface area contributed by atoms with E-state index in [1.165, 1.54) is 11.3 Å². The molecular weight excluding hydrogens is 504 g/mol. The van der Waals surface area contributed by atoms with E-state index < -0.39 is 28.4 Å². The summed E-state index contributed by atoms with van der Waals surface area (Å²) < 4.78 is 8.96. The molecule has 0 saturated heterocycles. The average Bonchev–Trinajstić information content (AvgIpc) is 3.03. The molecule has 0 fully saturated rings. The minimum absolute atomic E-state index is 0.385. The van der Waals surface area contributed by atoms with E-state index in [0.29, 0.717) is 23.2 Å². The molecule has 1 aromatic carbocycles.